The van der Waals surface area contributed by atoms with Crippen LogP contribution in [0.1, 0.15) is 39.4 Å². The second-order valence-corrected chi connectivity index (χ2v) is 5.81. The maximum Gasteiger partial charge on any atom is 0.122 e. The van der Waals surface area contributed by atoms with Crippen molar-refractivity contribution in [3.8, 4) is 0 Å². The van der Waals surface area contributed by atoms with Gasteiger partial charge < -0.3 is 9.88 Å². The van der Waals surface area contributed by atoms with Gasteiger partial charge in [-0.05, 0) is 38.8 Å². The third kappa shape index (κ3) is 3.80. The molecule has 0 spiro atoms. The van der Waals surface area contributed by atoms with Crippen LogP contribution in [0.15, 0.2) is 12.4 Å². The molecular formula is C15H28N4. The first-order valence-electron chi connectivity index (χ1n) is 7.67. The second-order valence-electron chi connectivity index (χ2n) is 5.81. The lowest BCUT2D eigenvalue weighted by Gasteiger charge is -2.31. The van der Waals surface area contributed by atoms with E-state index in [1.165, 1.54) is 25.9 Å². The zero-order valence-corrected chi connectivity index (χ0v) is 12.6. The quantitative estimate of drug-likeness (QED) is 0.819. The summed E-state index contributed by atoms with van der Waals surface area (Å²) in [5.74, 6) is 1.85. The molecule has 1 saturated heterocycles. The fourth-order valence-corrected chi connectivity index (χ4v) is 2.99. The maximum absolute atomic E-state index is 4.41. The van der Waals surface area contributed by atoms with E-state index >= 15 is 0 Å². The molecular weight excluding hydrogens is 236 g/mol. The molecule has 0 amide bonds. The van der Waals surface area contributed by atoms with E-state index in [9.17, 15) is 0 Å². The van der Waals surface area contributed by atoms with E-state index < -0.39 is 0 Å². The van der Waals surface area contributed by atoms with Crippen molar-refractivity contribution in [1.29, 1.82) is 0 Å². The Bertz CT molecular complexity index is 366. The maximum atomic E-state index is 4.41. The normalized spacial score (nSPS) is 18.3. The van der Waals surface area contributed by atoms with Gasteiger partial charge in [0.05, 0.1) is 6.54 Å². The second kappa shape index (κ2) is 7.06. The summed E-state index contributed by atoms with van der Waals surface area (Å²) in [6.45, 7) is 12.3. The van der Waals surface area contributed by atoms with E-state index in [1.54, 1.807) is 0 Å². The smallest absolute Gasteiger partial charge is 0.122 e. The summed E-state index contributed by atoms with van der Waals surface area (Å²) < 4.78 is 2.20. The highest BCUT2D eigenvalue weighted by Gasteiger charge is 2.24. The molecule has 1 N–H and O–H groups in total. The van der Waals surface area contributed by atoms with Gasteiger partial charge in [-0.2, -0.15) is 0 Å². The van der Waals surface area contributed by atoms with Crippen molar-refractivity contribution in [2.24, 2.45) is 5.92 Å². The Labute approximate surface area is 117 Å². The average Bonchev–Trinajstić information content (AvgIpc) is 3.05. The number of hydrogen-bond donors (Lipinski definition) is 1. The fraction of sp³-hybridized carbons (Fsp3) is 0.800. The van der Waals surface area contributed by atoms with Crippen molar-refractivity contribution in [3.63, 3.8) is 0 Å². The summed E-state index contributed by atoms with van der Waals surface area (Å²) in [5.41, 5.74) is 0. The number of nitrogens with one attached hydrogen (secondary N) is 1. The van der Waals surface area contributed by atoms with Crippen LogP contribution in [0.3, 0.4) is 0 Å². The minimum absolute atomic E-state index is 0.660. The molecule has 2 rings (SSSR count). The van der Waals surface area contributed by atoms with Crippen molar-refractivity contribution in [1.82, 2.24) is 19.8 Å². The van der Waals surface area contributed by atoms with Crippen LogP contribution in [0.5, 0.6) is 0 Å². The van der Waals surface area contributed by atoms with Gasteiger partial charge in [0, 0.05) is 31.5 Å². The third-order valence-corrected chi connectivity index (χ3v) is 4.16. The fourth-order valence-electron chi connectivity index (χ4n) is 2.99. The highest BCUT2D eigenvalue weighted by molar-refractivity contribution is 4.92. The van der Waals surface area contributed by atoms with Crippen LogP contribution < -0.4 is 5.32 Å². The lowest BCUT2D eigenvalue weighted by Crippen LogP contribution is -2.44. The van der Waals surface area contributed by atoms with Crippen LogP contribution in [0.4, 0.5) is 0 Å². The van der Waals surface area contributed by atoms with Crippen molar-refractivity contribution in [3.05, 3.63) is 18.2 Å². The van der Waals surface area contributed by atoms with Crippen LogP contribution in [-0.4, -0.2) is 40.1 Å². The summed E-state index contributed by atoms with van der Waals surface area (Å²) >= 11 is 0. The number of likely N-dealkylation sites (tertiary alicyclic amines) is 1. The molecule has 0 bridgehead atoms. The number of hydrogen-bond acceptors (Lipinski definition) is 3. The molecule has 1 fully saturated rings. The van der Waals surface area contributed by atoms with Gasteiger partial charge in [0.1, 0.15) is 5.82 Å². The first-order valence-corrected chi connectivity index (χ1v) is 7.67. The van der Waals surface area contributed by atoms with Crippen molar-refractivity contribution < 1.29 is 0 Å². The van der Waals surface area contributed by atoms with Gasteiger partial charge in [0.25, 0.3) is 0 Å². The van der Waals surface area contributed by atoms with E-state index in [0.29, 0.717) is 12.0 Å². The lowest BCUT2D eigenvalue weighted by molar-refractivity contribution is 0.186. The summed E-state index contributed by atoms with van der Waals surface area (Å²) in [4.78, 5) is 7.06. The molecule has 0 aliphatic carbocycles. The number of rotatable bonds is 7. The summed E-state index contributed by atoms with van der Waals surface area (Å²) in [7, 11) is 0. The molecule has 19 heavy (non-hydrogen) atoms. The van der Waals surface area contributed by atoms with Crippen LogP contribution in [-0.2, 0) is 13.1 Å². The van der Waals surface area contributed by atoms with Gasteiger partial charge in [0.2, 0.25) is 0 Å². The van der Waals surface area contributed by atoms with E-state index in [1.807, 2.05) is 6.20 Å². The monoisotopic (exact) mass is 264 g/mol. The van der Waals surface area contributed by atoms with Crippen LogP contribution in [0, 0.1) is 5.92 Å². The first-order chi connectivity index (χ1) is 9.22. The molecule has 108 valence electrons. The minimum atomic E-state index is 0.660. The number of nitrogens with zero attached hydrogens (tertiary/aromatic N) is 3. The standard InChI is InChI=1S/C15H28N4/c1-4-18-10-7-17-15(18)12-16-11-14(13(2)3)19-8-5-6-9-19/h7,10,13-14,16H,4-6,8-9,11-12H2,1-3H3. The predicted octanol–water partition coefficient (Wildman–Crippen LogP) is 2.11. The molecule has 1 aromatic rings. The third-order valence-electron chi connectivity index (χ3n) is 4.16. The first kappa shape index (κ1) is 14.5. The van der Waals surface area contributed by atoms with Crippen LogP contribution >= 0.6 is 0 Å². The van der Waals surface area contributed by atoms with Crippen molar-refractivity contribution in [2.45, 2.75) is 52.7 Å². The Balaban J connectivity index is 1.82. The highest BCUT2D eigenvalue weighted by Crippen LogP contribution is 2.17. The Morgan fingerprint density at radius 3 is 2.68 bits per heavy atom. The molecule has 1 unspecified atom stereocenters. The van der Waals surface area contributed by atoms with Crippen LogP contribution in [0.25, 0.3) is 0 Å². The van der Waals surface area contributed by atoms with Gasteiger partial charge in [-0.1, -0.05) is 13.8 Å². The Morgan fingerprint density at radius 1 is 1.32 bits per heavy atom. The van der Waals surface area contributed by atoms with E-state index in [-0.39, 0.29) is 0 Å². The lowest BCUT2D eigenvalue weighted by atomic mass is 10.0. The molecule has 1 aliphatic rings. The Morgan fingerprint density at radius 2 is 2.05 bits per heavy atom. The molecule has 1 aliphatic heterocycles. The highest BCUT2D eigenvalue weighted by atomic mass is 15.2. The van der Waals surface area contributed by atoms with Gasteiger partial charge in [0.15, 0.2) is 0 Å². The molecule has 4 heteroatoms. The Kier molecular flexibility index (Phi) is 5.40. The van der Waals surface area contributed by atoms with Crippen molar-refractivity contribution in [2.75, 3.05) is 19.6 Å². The molecule has 2 heterocycles. The number of aromatic nitrogens is 2. The summed E-state index contributed by atoms with van der Waals surface area (Å²) in [6, 6.07) is 0.660. The van der Waals surface area contributed by atoms with Gasteiger partial charge >= 0.3 is 0 Å². The van der Waals surface area contributed by atoms with Gasteiger partial charge in [-0.25, -0.2) is 4.98 Å². The molecule has 0 saturated carbocycles. The molecule has 4 nitrogen and oxygen atoms in total. The Hall–Kier alpha value is -0.870. The number of aryl methyl sites for hydroxylation is 1. The zero-order valence-electron chi connectivity index (χ0n) is 12.6. The number of imidazole rings is 1. The molecule has 1 aromatic heterocycles. The van der Waals surface area contributed by atoms with E-state index in [0.717, 1.165) is 25.5 Å². The van der Waals surface area contributed by atoms with Crippen LogP contribution in [0.2, 0.25) is 0 Å². The largest absolute Gasteiger partial charge is 0.334 e. The molecule has 0 radical (unpaired) electrons. The van der Waals surface area contributed by atoms with Crippen molar-refractivity contribution >= 4 is 0 Å². The minimum Gasteiger partial charge on any atom is -0.334 e. The zero-order chi connectivity index (χ0) is 13.7. The predicted molar refractivity (Wildman–Crippen MR) is 79.0 cm³/mol. The average molecular weight is 264 g/mol. The summed E-state index contributed by atoms with van der Waals surface area (Å²) in [5, 5.41) is 3.60. The topological polar surface area (TPSA) is 33.1 Å². The van der Waals surface area contributed by atoms with Gasteiger partial charge in [-0.3, -0.25) is 4.90 Å². The molecule has 0 aromatic carbocycles. The van der Waals surface area contributed by atoms with Gasteiger partial charge in [-0.15, -0.1) is 0 Å². The SMILES string of the molecule is CCn1ccnc1CNCC(C(C)C)N1CCCC1. The summed E-state index contributed by atoms with van der Waals surface area (Å²) in [6.07, 6.45) is 6.67. The van der Waals surface area contributed by atoms with E-state index in [4.69, 9.17) is 0 Å². The molecule has 1 atom stereocenters. The van der Waals surface area contributed by atoms with E-state index in [2.05, 4.69) is 46.7 Å².